The van der Waals surface area contributed by atoms with E-state index in [9.17, 15) is 9.59 Å². The standard InChI is InChI=1S/C21H22N4O6/c1-4-30-20(26)12-24-21(27)25-19-6-5-13(11-23-19)31-16-7-8-22-15-10-18(29-3)17(28-2)9-14(15)16/h5-11H,4,12H2,1-3H3,(H2,23,24,25,27). The van der Waals surface area contributed by atoms with Crippen molar-refractivity contribution in [2.45, 2.75) is 6.92 Å². The molecule has 0 radical (unpaired) electrons. The topological polar surface area (TPSA) is 121 Å². The number of nitrogens with one attached hydrogen (secondary N) is 2. The Bertz CT molecular complexity index is 1070. The summed E-state index contributed by atoms with van der Waals surface area (Å²) in [7, 11) is 3.11. The van der Waals surface area contributed by atoms with Crippen molar-refractivity contribution in [3.63, 3.8) is 0 Å². The highest BCUT2D eigenvalue weighted by Gasteiger charge is 2.12. The summed E-state index contributed by atoms with van der Waals surface area (Å²) in [5, 5.41) is 5.65. The quantitative estimate of drug-likeness (QED) is 0.527. The van der Waals surface area contributed by atoms with Crippen LogP contribution in [0, 0.1) is 0 Å². The average molecular weight is 426 g/mol. The Morgan fingerprint density at radius 2 is 1.77 bits per heavy atom. The van der Waals surface area contributed by atoms with E-state index in [1.807, 2.05) is 0 Å². The number of methoxy groups -OCH3 is 2. The fourth-order valence-electron chi connectivity index (χ4n) is 2.70. The third kappa shape index (κ3) is 5.50. The molecule has 0 bridgehead atoms. The Balaban J connectivity index is 1.69. The van der Waals surface area contributed by atoms with Gasteiger partial charge in [0.05, 0.1) is 32.5 Å². The molecule has 0 aliphatic heterocycles. The first kappa shape index (κ1) is 21.6. The Kier molecular flexibility index (Phi) is 7.05. The van der Waals surface area contributed by atoms with E-state index in [2.05, 4.69) is 20.6 Å². The van der Waals surface area contributed by atoms with E-state index in [1.165, 1.54) is 6.20 Å². The van der Waals surface area contributed by atoms with Gasteiger partial charge in [-0.1, -0.05) is 0 Å². The smallest absolute Gasteiger partial charge is 0.325 e. The molecule has 10 nitrogen and oxygen atoms in total. The lowest BCUT2D eigenvalue weighted by Gasteiger charge is -2.12. The van der Waals surface area contributed by atoms with Crippen molar-refractivity contribution >= 4 is 28.7 Å². The van der Waals surface area contributed by atoms with Gasteiger partial charge >= 0.3 is 12.0 Å². The van der Waals surface area contributed by atoms with Gasteiger partial charge in [0, 0.05) is 17.6 Å². The minimum atomic E-state index is -0.574. The molecule has 0 spiro atoms. The average Bonchev–Trinajstić information content (AvgIpc) is 2.78. The number of aromatic nitrogens is 2. The normalized spacial score (nSPS) is 10.3. The second-order valence-electron chi connectivity index (χ2n) is 6.13. The first-order valence-corrected chi connectivity index (χ1v) is 9.39. The van der Waals surface area contributed by atoms with E-state index in [-0.39, 0.29) is 13.2 Å². The second kappa shape index (κ2) is 10.1. The maximum Gasteiger partial charge on any atom is 0.325 e. The zero-order chi connectivity index (χ0) is 22.2. The molecule has 2 aromatic heterocycles. The number of hydrogen-bond donors (Lipinski definition) is 2. The number of anilines is 1. The number of hydrogen-bond acceptors (Lipinski definition) is 8. The minimum Gasteiger partial charge on any atom is -0.493 e. The molecule has 0 atom stereocenters. The molecule has 0 unspecified atom stereocenters. The van der Waals surface area contributed by atoms with E-state index < -0.39 is 12.0 Å². The van der Waals surface area contributed by atoms with Crippen LogP contribution in [0.1, 0.15) is 6.92 Å². The number of amides is 2. The van der Waals surface area contributed by atoms with Gasteiger partial charge < -0.3 is 24.3 Å². The lowest BCUT2D eigenvalue weighted by atomic mass is 10.2. The predicted octanol–water partition coefficient (Wildman–Crippen LogP) is 3.12. The van der Waals surface area contributed by atoms with Crippen LogP contribution in [0.3, 0.4) is 0 Å². The van der Waals surface area contributed by atoms with E-state index in [1.54, 1.807) is 57.7 Å². The molecule has 162 valence electrons. The number of carbonyl (C=O) groups excluding carboxylic acids is 2. The molecule has 3 rings (SSSR count). The van der Waals surface area contributed by atoms with Gasteiger partial charge in [-0.2, -0.15) is 0 Å². The van der Waals surface area contributed by atoms with Crippen LogP contribution in [0.5, 0.6) is 23.0 Å². The number of rotatable bonds is 8. The van der Waals surface area contributed by atoms with Crippen molar-refractivity contribution in [3.05, 3.63) is 42.7 Å². The van der Waals surface area contributed by atoms with Crippen LogP contribution in [0.25, 0.3) is 10.9 Å². The Hall–Kier alpha value is -4.08. The first-order valence-electron chi connectivity index (χ1n) is 9.39. The number of esters is 1. The van der Waals surface area contributed by atoms with Crippen LogP contribution >= 0.6 is 0 Å². The third-order valence-electron chi connectivity index (χ3n) is 4.11. The van der Waals surface area contributed by atoms with Crippen molar-refractivity contribution < 1.29 is 28.5 Å². The molecule has 0 saturated heterocycles. The van der Waals surface area contributed by atoms with Crippen LogP contribution in [0.4, 0.5) is 10.6 Å². The highest BCUT2D eigenvalue weighted by molar-refractivity contribution is 5.90. The number of pyridine rings is 2. The van der Waals surface area contributed by atoms with Gasteiger partial charge in [-0.05, 0) is 31.2 Å². The van der Waals surface area contributed by atoms with Gasteiger partial charge in [-0.3, -0.25) is 15.1 Å². The molecule has 1 aromatic carbocycles. The summed E-state index contributed by atoms with van der Waals surface area (Å²) < 4.78 is 21.3. The zero-order valence-corrected chi connectivity index (χ0v) is 17.3. The summed E-state index contributed by atoms with van der Waals surface area (Å²) in [5.41, 5.74) is 0.680. The van der Waals surface area contributed by atoms with E-state index in [0.717, 1.165) is 5.39 Å². The molecule has 0 fully saturated rings. The molecule has 3 aromatic rings. The van der Waals surface area contributed by atoms with Crippen LogP contribution in [0.15, 0.2) is 42.7 Å². The molecule has 2 amide bonds. The summed E-state index contributed by atoms with van der Waals surface area (Å²) in [6.07, 6.45) is 3.09. The number of urea groups is 1. The number of nitrogens with zero attached hydrogens (tertiary/aromatic N) is 2. The second-order valence-corrected chi connectivity index (χ2v) is 6.13. The molecule has 0 aliphatic rings. The van der Waals surface area contributed by atoms with Crippen molar-refractivity contribution in [1.82, 2.24) is 15.3 Å². The molecule has 10 heteroatoms. The highest BCUT2D eigenvalue weighted by atomic mass is 16.5. The SMILES string of the molecule is CCOC(=O)CNC(=O)Nc1ccc(Oc2ccnc3cc(OC)c(OC)cc23)cn1. The lowest BCUT2D eigenvalue weighted by molar-refractivity contribution is -0.141. The van der Waals surface area contributed by atoms with Gasteiger partial charge in [-0.25, -0.2) is 9.78 Å². The summed E-state index contributed by atoms with van der Waals surface area (Å²) >= 11 is 0. The summed E-state index contributed by atoms with van der Waals surface area (Å²) in [6.45, 7) is 1.70. The van der Waals surface area contributed by atoms with Crippen molar-refractivity contribution in [1.29, 1.82) is 0 Å². The molecule has 0 saturated carbocycles. The Labute approximate surface area is 178 Å². The molecular formula is C21H22N4O6. The van der Waals surface area contributed by atoms with Crippen LogP contribution in [0.2, 0.25) is 0 Å². The molecule has 0 aliphatic carbocycles. The summed E-state index contributed by atoms with van der Waals surface area (Å²) in [4.78, 5) is 31.6. The monoisotopic (exact) mass is 426 g/mol. The van der Waals surface area contributed by atoms with Gasteiger partial charge in [0.15, 0.2) is 11.5 Å². The van der Waals surface area contributed by atoms with Gasteiger partial charge in [0.25, 0.3) is 0 Å². The highest BCUT2D eigenvalue weighted by Crippen LogP contribution is 2.36. The number of ether oxygens (including phenoxy) is 4. The van der Waals surface area contributed by atoms with Gasteiger partial charge in [0.2, 0.25) is 0 Å². The van der Waals surface area contributed by atoms with Gasteiger partial charge in [-0.15, -0.1) is 0 Å². The Morgan fingerprint density at radius 3 is 2.45 bits per heavy atom. The molecule has 31 heavy (non-hydrogen) atoms. The zero-order valence-electron chi connectivity index (χ0n) is 17.3. The van der Waals surface area contributed by atoms with Crippen LogP contribution in [-0.4, -0.2) is 49.3 Å². The maximum absolute atomic E-state index is 11.8. The summed E-state index contributed by atoms with van der Waals surface area (Å²) in [6, 6.07) is 7.93. The van der Waals surface area contributed by atoms with Crippen molar-refractivity contribution in [3.8, 4) is 23.0 Å². The maximum atomic E-state index is 11.8. The third-order valence-corrected chi connectivity index (χ3v) is 4.11. The number of fused-ring (bicyclic) bond motifs is 1. The fourth-order valence-corrected chi connectivity index (χ4v) is 2.70. The Morgan fingerprint density at radius 1 is 1.00 bits per heavy atom. The molecular weight excluding hydrogens is 404 g/mol. The van der Waals surface area contributed by atoms with E-state index >= 15 is 0 Å². The van der Waals surface area contributed by atoms with Crippen LogP contribution < -0.4 is 24.8 Å². The minimum absolute atomic E-state index is 0.232. The fraction of sp³-hybridized carbons (Fsp3) is 0.238. The predicted molar refractivity (Wildman–Crippen MR) is 113 cm³/mol. The number of carbonyl (C=O) groups is 2. The summed E-state index contributed by atoms with van der Waals surface area (Å²) in [5.74, 6) is 1.91. The van der Waals surface area contributed by atoms with Crippen molar-refractivity contribution in [2.24, 2.45) is 0 Å². The largest absolute Gasteiger partial charge is 0.493 e. The van der Waals surface area contributed by atoms with Crippen LogP contribution in [-0.2, 0) is 9.53 Å². The van der Waals surface area contributed by atoms with Crippen molar-refractivity contribution in [2.75, 3.05) is 32.7 Å². The van der Waals surface area contributed by atoms with E-state index in [0.29, 0.717) is 34.3 Å². The number of benzene rings is 1. The van der Waals surface area contributed by atoms with E-state index in [4.69, 9.17) is 18.9 Å². The van der Waals surface area contributed by atoms with Gasteiger partial charge in [0.1, 0.15) is 23.9 Å². The first-order chi connectivity index (χ1) is 15.0. The molecule has 2 heterocycles. The molecule has 2 N–H and O–H groups in total. The lowest BCUT2D eigenvalue weighted by Crippen LogP contribution is -2.34.